The Morgan fingerprint density at radius 1 is 1.00 bits per heavy atom. The molecule has 142 valence electrons. The number of anilines is 2. The summed E-state index contributed by atoms with van der Waals surface area (Å²) in [6, 6.07) is 13.8. The van der Waals surface area contributed by atoms with Gasteiger partial charge in [0.1, 0.15) is 5.82 Å². The molecule has 6 nitrogen and oxygen atoms in total. The van der Waals surface area contributed by atoms with Gasteiger partial charge in [-0.3, -0.25) is 9.59 Å². The molecule has 0 saturated carbocycles. The first-order chi connectivity index (χ1) is 13.1. The molecule has 2 amide bonds. The van der Waals surface area contributed by atoms with E-state index in [0.717, 1.165) is 37.6 Å². The van der Waals surface area contributed by atoms with Crippen LogP contribution in [0.3, 0.4) is 0 Å². The molecule has 1 fully saturated rings. The van der Waals surface area contributed by atoms with Crippen molar-refractivity contribution in [2.45, 2.75) is 6.42 Å². The van der Waals surface area contributed by atoms with Crippen LogP contribution in [0, 0.1) is 5.82 Å². The minimum absolute atomic E-state index is 0.0173. The standard InChI is InChI=1S/C20H22FN3O3/c21-17-3-1-2-4-18(17)23-20(26)19(25)22-10-9-15-5-7-16(8-6-15)24-11-13-27-14-12-24/h1-8H,9-14H2,(H,22,25)(H,23,26). The Balaban J connectivity index is 1.44. The average Bonchev–Trinajstić information content (AvgIpc) is 2.71. The summed E-state index contributed by atoms with van der Waals surface area (Å²) in [5, 5.41) is 4.81. The SMILES string of the molecule is O=C(NCCc1ccc(N2CCOCC2)cc1)C(=O)Nc1ccccc1F. The van der Waals surface area contributed by atoms with Crippen LogP contribution in [0.2, 0.25) is 0 Å². The normalized spacial score (nSPS) is 13.9. The summed E-state index contributed by atoms with van der Waals surface area (Å²) in [6.45, 7) is 3.56. The summed E-state index contributed by atoms with van der Waals surface area (Å²) in [7, 11) is 0. The van der Waals surface area contributed by atoms with E-state index in [1.54, 1.807) is 6.07 Å². The number of hydrogen-bond acceptors (Lipinski definition) is 4. The van der Waals surface area contributed by atoms with Crippen molar-refractivity contribution in [3.63, 3.8) is 0 Å². The molecule has 0 bridgehead atoms. The van der Waals surface area contributed by atoms with Crippen molar-refractivity contribution in [3.8, 4) is 0 Å². The summed E-state index contributed by atoms with van der Waals surface area (Å²) in [4.78, 5) is 25.9. The minimum Gasteiger partial charge on any atom is -0.378 e. The smallest absolute Gasteiger partial charge is 0.313 e. The highest BCUT2D eigenvalue weighted by molar-refractivity contribution is 6.39. The van der Waals surface area contributed by atoms with Crippen LogP contribution in [0.25, 0.3) is 0 Å². The second-order valence-electron chi connectivity index (χ2n) is 6.21. The Labute approximate surface area is 157 Å². The number of carbonyl (C=O) groups is 2. The fraction of sp³-hybridized carbons (Fsp3) is 0.300. The third-order valence-corrected chi connectivity index (χ3v) is 4.34. The molecule has 2 aromatic carbocycles. The fourth-order valence-corrected chi connectivity index (χ4v) is 2.84. The third kappa shape index (κ3) is 5.27. The van der Waals surface area contributed by atoms with Gasteiger partial charge in [0, 0.05) is 25.3 Å². The molecule has 0 unspecified atom stereocenters. The van der Waals surface area contributed by atoms with Crippen molar-refractivity contribution in [2.24, 2.45) is 0 Å². The number of benzene rings is 2. The molecular weight excluding hydrogens is 349 g/mol. The molecule has 1 saturated heterocycles. The number of para-hydroxylation sites is 1. The molecule has 0 atom stereocenters. The summed E-state index contributed by atoms with van der Waals surface area (Å²) in [6.07, 6.45) is 0.599. The van der Waals surface area contributed by atoms with E-state index in [1.165, 1.54) is 18.2 Å². The number of rotatable bonds is 5. The molecule has 2 aromatic rings. The molecule has 3 rings (SSSR count). The Hall–Kier alpha value is -2.93. The lowest BCUT2D eigenvalue weighted by molar-refractivity contribution is -0.136. The van der Waals surface area contributed by atoms with Gasteiger partial charge in [-0.1, -0.05) is 24.3 Å². The van der Waals surface area contributed by atoms with E-state index in [9.17, 15) is 14.0 Å². The van der Waals surface area contributed by atoms with Crippen molar-refractivity contribution in [2.75, 3.05) is 43.1 Å². The molecule has 1 aliphatic heterocycles. The molecule has 27 heavy (non-hydrogen) atoms. The van der Waals surface area contributed by atoms with Crippen LogP contribution in [0.5, 0.6) is 0 Å². The van der Waals surface area contributed by atoms with Crippen LogP contribution < -0.4 is 15.5 Å². The Morgan fingerprint density at radius 3 is 2.41 bits per heavy atom. The maximum absolute atomic E-state index is 13.5. The van der Waals surface area contributed by atoms with Crippen molar-refractivity contribution >= 4 is 23.2 Å². The number of nitrogens with one attached hydrogen (secondary N) is 2. The average molecular weight is 371 g/mol. The third-order valence-electron chi connectivity index (χ3n) is 4.34. The molecule has 0 aliphatic carbocycles. The van der Waals surface area contributed by atoms with E-state index in [0.29, 0.717) is 13.0 Å². The van der Waals surface area contributed by atoms with Crippen LogP contribution in [0.4, 0.5) is 15.8 Å². The van der Waals surface area contributed by atoms with E-state index in [1.807, 2.05) is 24.3 Å². The molecule has 1 heterocycles. The first kappa shape index (κ1) is 18.8. The van der Waals surface area contributed by atoms with Crippen LogP contribution in [0.1, 0.15) is 5.56 Å². The number of morpholine rings is 1. The molecule has 7 heteroatoms. The first-order valence-electron chi connectivity index (χ1n) is 8.89. The van der Waals surface area contributed by atoms with E-state index in [4.69, 9.17) is 4.74 Å². The number of ether oxygens (including phenoxy) is 1. The van der Waals surface area contributed by atoms with Gasteiger partial charge in [-0.15, -0.1) is 0 Å². The monoisotopic (exact) mass is 371 g/mol. The fourth-order valence-electron chi connectivity index (χ4n) is 2.84. The van der Waals surface area contributed by atoms with Crippen LogP contribution in [-0.4, -0.2) is 44.7 Å². The molecule has 1 aliphatic rings. The van der Waals surface area contributed by atoms with E-state index >= 15 is 0 Å². The largest absolute Gasteiger partial charge is 0.378 e. The van der Waals surface area contributed by atoms with Gasteiger partial charge < -0.3 is 20.3 Å². The minimum atomic E-state index is -0.886. The van der Waals surface area contributed by atoms with E-state index < -0.39 is 17.6 Å². The second kappa shape index (κ2) is 9.14. The topological polar surface area (TPSA) is 70.7 Å². The van der Waals surface area contributed by atoms with Gasteiger partial charge in [0.15, 0.2) is 0 Å². The Bertz CT molecular complexity index is 789. The maximum Gasteiger partial charge on any atom is 0.313 e. The molecule has 0 spiro atoms. The van der Waals surface area contributed by atoms with Crippen molar-refractivity contribution in [1.29, 1.82) is 0 Å². The Kier molecular flexibility index (Phi) is 6.38. The van der Waals surface area contributed by atoms with Gasteiger partial charge in [0.2, 0.25) is 0 Å². The van der Waals surface area contributed by atoms with Gasteiger partial charge in [-0.25, -0.2) is 4.39 Å². The van der Waals surface area contributed by atoms with E-state index in [-0.39, 0.29) is 5.69 Å². The zero-order chi connectivity index (χ0) is 19.1. The lowest BCUT2D eigenvalue weighted by Crippen LogP contribution is -2.36. The van der Waals surface area contributed by atoms with Crippen molar-refractivity contribution in [1.82, 2.24) is 5.32 Å². The number of hydrogen-bond donors (Lipinski definition) is 2. The molecule has 0 radical (unpaired) electrons. The van der Waals surface area contributed by atoms with Gasteiger partial charge in [-0.05, 0) is 36.2 Å². The number of amides is 2. The summed E-state index contributed by atoms with van der Waals surface area (Å²) >= 11 is 0. The van der Waals surface area contributed by atoms with Gasteiger partial charge in [-0.2, -0.15) is 0 Å². The maximum atomic E-state index is 13.5. The highest BCUT2D eigenvalue weighted by Crippen LogP contribution is 2.17. The van der Waals surface area contributed by atoms with Crippen molar-refractivity contribution in [3.05, 3.63) is 59.9 Å². The summed E-state index contributed by atoms with van der Waals surface area (Å²) in [5.41, 5.74) is 2.19. The molecule has 2 N–H and O–H groups in total. The quantitative estimate of drug-likeness (QED) is 0.789. The van der Waals surface area contributed by atoms with Crippen molar-refractivity contribution < 1.29 is 18.7 Å². The lowest BCUT2D eigenvalue weighted by atomic mass is 10.1. The molecule has 0 aromatic heterocycles. The lowest BCUT2D eigenvalue weighted by Gasteiger charge is -2.28. The highest BCUT2D eigenvalue weighted by atomic mass is 19.1. The number of carbonyl (C=O) groups excluding carboxylic acids is 2. The summed E-state index contributed by atoms with van der Waals surface area (Å²) < 4.78 is 18.8. The predicted octanol–water partition coefficient (Wildman–Crippen LogP) is 1.96. The zero-order valence-electron chi connectivity index (χ0n) is 14.9. The Morgan fingerprint density at radius 2 is 1.70 bits per heavy atom. The van der Waals surface area contributed by atoms with Gasteiger partial charge in [0.05, 0.1) is 18.9 Å². The highest BCUT2D eigenvalue weighted by Gasteiger charge is 2.15. The molecular formula is C20H22FN3O3. The predicted molar refractivity (Wildman–Crippen MR) is 101 cm³/mol. The van der Waals surface area contributed by atoms with Crippen LogP contribution in [-0.2, 0) is 20.7 Å². The number of halogens is 1. The second-order valence-corrected chi connectivity index (χ2v) is 6.21. The van der Waals surface area contributed by atoms with Crippen LogP contribution in [0.15, 0.2) is 48.5 Å². The first-order valence-corrected chi connectivity index (χ1v) is 8.89. The van der Waals surface area contributed by atoms with Gasteiger partial charge >= 0.3 is 11.8 Å². The number of nitrogens with zero attached hydrogens (tertiary/aromatic N) is 1. The van der Waals surface area contributed by atoms with E-state index in [2.05, 4.69) is 15.5 Å². The zero-order valence-corrected chi connectivity index (χ0v) is 14.9. The van der Waals surface area contributed by atoms with Gasteiger partial charge in [0.25, 0.3) is 0 Å². The summed E-state index contributed by atoms with van der Waals surface area (Å²) in [5.74, 6) is -2.26. The van der Waals surface area contributed by atoms with Crippen LogP contribution >= 0.6 is 0 Å².